The molecule has 0 saturated heterocycles. The molecule has 3 rings (SSSR count). The van der Waals surface area contributed by atoms with E-state index < -0.39 is 0 Å². The number of benzene rings is 1. The maximum Gasteiger partial charge on any atom is 0.146 e. The lowest BCUT2D eigenvalue weighted by Gasteiger charge is -2.12. The Balaban J connectivity index is 1.74. The number of rotatable bonds is 4. The molecule has 4 heteroatoms. The molecule has 0 amide bonds. The topological polar surface area (TPSA) is 37.9 Å². The van der Waals surface area contributed by atoms with Gasteiger partial charge in [-0.2, -0.15) is 0 Å². The van der Waals surface area contributed by atoms with Crippen molar-refractivity contribution in [3.63, 3.8) is 0 Å². The Morgan fingerprint density at radius 3 is 2.70 bits per heavy atom. The highest BCUT2D eigenvalue weighted by atomic mass is 32.1. The van der Waals surface area contributed by atoms with Gasteiger partial charge in [-0.05, 0) is 37.0 Å². The van der Waals surface area contributed by atoms with E-state index in [-0.39, 0.29) is 0 Å². The van der Waals surface area contributed by atoms with Gasteiger partial charge in [-0.25, -0.2) is 4.98 Å². The molecule has 1 N–H and O–H groups in total. The smallest absolute Gasteiger partial charge is 0.146 e. The molecule has 2 aromatic rings. The fourth-order valence-electron chi connectivity index (χ4n) is 2.72. The van der Waals surface area contributed by atoms with Crippen LogP contribution >= 0.6 is 12.2 Å². The standard InChI is InChI=1S/C16H18N2OS/c20-16-10-14(12-6-4-5-7-12)17-15(18-16)11-19-13-8-2-1-3-9-13/h1-3,8-10,12H,4-7,11H2,(H,17,18,20). The highest BCUT2D eigenvalue weighted by molar-refractivity contribution is 7.71. The Morgan fingerprint density at radius 2 is 1.95 bits per heavy atom. The average molecular weight is 286 g/mol. The minimum Gasteiger partial charge on any atom is -0.486 e. The lowest BCUT2D eigenvalue weighted by Crippen LogP contribution is -2.06. The number of ether oxygens (including phenoxy) is 1. The summed E-state index contributed by atoms with van der Waals surface area (Å²) in [6.07, 6.45) is 5.11. The maximum atomic E-state index is 5.72. The highest BCUT2D eigenvalue weighted by Gasteiger charge is 2.18. The van der Waals surface area contributed by atoms with Crippen LogP contribution in [0.25, 0.3) is 0 Å². The zero-order chi connectivity index (χ0) is 13.8. The summed E-state index contributed by atoms with van der Waals surface area (Å²) < 4.78 is 6.37. The third kappa shape index (κ3) is 3.25. The number of hydrogen-bond acceptors (Lipinski definition) is 3. The number of H-pyrrole nitrogens is 1. The third-order valence-corrected chi connectivity index (χ3v) is 3.94. The SMILES string of the molecule is S=c1cc(C2CCCC2)[nH]c(COc2ccccc2)n1. The maximum absolute atomic E-state index is 5.72. The molecule has 1 heterocycles. The molecule has 1 fully saturated rings. The molecule has 0 unspecified atom stereocenters. The van der Waals surface area contributed by atoms with Crippen LogP contribution in [-0.2, 0) is 6.61 Å². The Kier molecular flexibility index (Phi) is 4.11. The molecule has 0 aliphatic heterocycles. The summed E-state index contributed by atoms with van der Waals surface area (Å²) in [6.45, 7) is 0.425. The van der Waals surface area contributed by atoms with E-state index in [1.54, 1.807) is 0 Å². The van der Waals surface area contributed by atoms with Crippen molar-refractivity contribution in [2.75, 3.05) is 0 Å². The summed E-state index contributed by atoms with van der Waals surface area (Å²) in [6, 6.07) is 11.8. The zero-order valence-corrected chi connectivity index (χ0v) is 12.2. The molecular formula is C16H18N2OS. The van der Waals surface area contributed by atoms with Gasteiger partial charge in [-0.15, -0.1) is 0 Å². The van der Waals surface area contributed by atoms with E-state index in [1.165, 1.54) is 31.4 Å². The van der Waals surface area contributed by atoms with Gasteiger partial charge in [-0.3, -0.25) is 0 Å². The monoisotopic (exact) mass is 286 g/mol. The Bertz CT molecular complexity index is 618. The lowest BCUT2D eigenvalue weighted by molar-refractivity contribution is 0.295. The van der Waals surface area contributed by atoms with E-state index in [0.29, 0.717) is 17.2 Å². The molecule has 0 bridgehead atoms. The van der Waals surface area contributed by atoms with Gasteiger partial charge in [0.05, 0.1) is 0 Å². The number of para-hydroxylation sites is 1. The van der Waals surface area contributed by atoms with Crippen molar-refractivity contribution in [2.24, 2.45) is 0 Å². The second-order valence-electron chi connectivity index (χ2n) is 5.20. The molecule has 1 aromatic heterocycles. The molecule has 1 aliphatic carbocycles. The first kappa shape index (κ1) is 13.3. The Morgan fingerprint density at radius 1 is 1.20 bits per heavy atom. The number of nitrogens with zero attached hydrogens (tertiary/aromatic N) is 1. The van der Waals surface area contributed by atoms with Crippen molar-refractivity contribution < 1.29 is 4.74 Å². The second kappa shape index (κ2) is 6.18. The van der Waals surface area contributed by atoms with E-state index in [1.807, 2.05) is 36.4 Å². The normalized spacial score (nSPS) is 15.4. The molecule has 104 valence electrons. The molecular weight excluding hydrogens is 268 g/mol. The minimum absolute atomic E-state index is 0.425. The predicted molar refractivity (Wildman–Crippen MR) is 81.4 cm³/mol. The van der Waals surface area contributed by atoms with Crippen LogP contribution in [0.15, 0.2) is 36.4 Å². The predicted octanol–water partition coefficient (Wildman–Crippen LogP) is 4.38. The first-order valence-electron chi connectivity index (χ1n) is 7.09. The summed E-state index contributed by atoms with van der Waals surface area (Å²) in [5.74, 6) is 2.26. The van der Waals surface area contributed by atoms with E-state index in [4.69, 9.17) is 17.0 Å². The quantitative estimate of drug-likeness (QED) is 0.848. The van der Waals surface area contributed by atoms with Crippen LogP contribution in [-0.4, -0.2) is 9.97 Å². The van der Waals surface area contributed by atoms with Crippen LogP contribution in [0.5, 0.6) is 5.75 Å². The van der Waals surface area contributed by atoms with Crippen molar-refractivity contribution in [1.82, 2.24) is 9.97 Å². The van der Waals surface area contributed by atoms with E-state index in [0.717, 1.165) is 11.6 Å². The summed E-state index contributed by atoms with van der Waals surface area (Å²) in [7, 11) is 0. The summed E-state index contributed by atoms with van der Waals surface area (Å²) in [5, 5.41) is 0. The summed E-state index contributed by atoms with van der Waals surface area (Å²) >= 11 is 5.27. The fraction of sp³-hybridized carbons (Fsp3) is 0.375. The van der Waals surface area contributed by atoms with Gasteiger partial charge in [0, 0.05) is 5.69 Å². The zero-order valence-electron chi connectivity index (χ0n) is 11.3. The number of aromatic amines is 1. The molecule has 3 nitrogen and oxygen atoms in total. The van der Waals surface area contributed by atoms with Gasteiger partial charge in [-0.1, -0.05) is 43.3 Å². The molecule has 20 heavy (non-hydrogen) atoms. The van der Waals surface area contributed by atoms with Crippen LogP contribution in [0.2, 0.25) is 0 Å². The number of hydrogen-bond donors (Lipinski definition) is 1. The van der Waals surface area contributed by atoms with Gasteiger partial charge < -0.3 is 9.72 Å². The first-order chi connectivity index (χ1) is 9.81. The van der Waals surface area contributed by atoms with Crippen LogP contribution in [0.3, 0.4) is 0 Å². The van der Waals surface area contributed by atoms with Crippen LogP contribution in [0.1, 0.15) is 43.1 Å². The first-order valence-corrected chi connectivity index (χ1v) is 7.50. The third-order valence-electron chi connectivity index (χ3n) is 3.73. The van der Waals surface area contributed by atoms with Gasteiger partial charge in [0.2, 0.25) is 0 Å². The fourth-order valence-corrected chi connectivity index (χ4v) is 2.96. The van der Waals surface area contributed by atoms with E-state index in [2.05, 4.69) is 9.97 Å². The molecule has 1 saturated carbocycles. The largest absolute Gasteiger partial charge is 0.486 e. The second-order valence-corrected chi connectivity index (χ2v) is 5.62. The molecule has 0 atom stereocenters. The van der Waals surface area contributed by atoms with E-state index >= 15 is 0 Å². The van der Waals surface area contributed by atoms with Crippen LogP contribution in [0.4, 0.5) is 0 Å². The summed E-state index contributed by atoms with van der Waals surface area (Å²) in [5.41, 5.74) is 1.22. The molecule has 1 aliphatic rings. The highest BCUT2D eigenvalue weighted by Crippen LogP contribution is 2.32. The minimum atomic E-state index is 0.425. The van der Waals surface area contributed by atoms with Crippen molar-refractivity contribution >= 4 is 12.2 Å². The molecule has 0 radical (unpaired) electrons. The van der Waals surface area contributed by atoms with E-state index in [9.17, 15) is 0 Å². The van der Waals surface area contributed by atoms with Gasteiger partial charge in [0.15, 0.2) is 0 Å². The van der Waals surface area contributed by atoms with Gasteiger partial charge in [0.25, 0.3) is 0 Å². The van der Waals surface area contributed by atoms with Crippen molar-refractivity contribution in [2.45, 2.75) is 38.2 Å². The Labute approximate surface area is 124 Å². The summed E-state index contributed by atoms with van der Waals surface area (Å²) in [4.78, 5) is 7.75. The van der Waals surface area contributed by atoms with Crippen molar-refractivity contribution in [3.8, 4) is 5.75 Å². The Hall–Kier alpha value is -1.68. The number of aromatic nitrogens is 2. The lowest BCUT2D eigenvalue weighted by atomic mass is 10.0. The van der Waals surface area contributed by atoms with Crippen molar-refractivity contribution in [3.05, 3.63) is 52.6 Å². The molecule has 1 aromatic carbocycles. The van der Waals surface area contributed by atoms with Gasteiger partial charge >= 0.3 is 0 Å². The molecule has 0 spiro atoms. The van der Waals surface area contributed by atoms with Crippen LogP contribution < -0.4 is 4.74 Å². The average Bonchev–Trinajstić information content (AvgIpc) is 3.00. The number of nitrogens with one attached hydrogen (secondary N) is 1. The van der Waals surface area contributed by atoms with Gasteiger partial charge in [0.1, 0.15) is 22.8 Å². The van der Waals surface area contributed by atoms with Crippen LogP contribution in [0, 0.1) is 4.64 Å². The van der Waals surface area contributed by atoms with Crippen molar-refractivity contribution in [1.29, 1.82) is 0 Å².